The van der Waals surface area contributed by atoms with Crippen LogP contribution in [-0.4, -0.2) is 22.7 Å². The van der Waals surface area contributed by atoms with Gasteiger partial charge >= 0.3 is 5.97 Å². The number of ether oxygens (including phenoxy) is 1. The maximum atomic E-state index is 11.6. The summed E-state index contributed by atoms with van der Waals surface area (Å²) in [7, 11) is 0. The Morgan fingerprint density at radius 2 is 2.12 bits per heavy atom. The van der Waals surface area contributed by atoms with Crippen LogP contribution in [0.5, 0.6) is 5.75 Å². The van der Waals surface area contributed by atoms with Crippen LogP contribution in [0.2, 0.25) is 5.02 Å². The minimum atomic E-state index is -0.418. The number of thiazole rings is 1. The van der Waals surface area contributed by atoms with E-state index >= 15 is 0 Å². The molecule has 0 amide bonds. The van der Waals surface area contributed by atoms with Gasteiger partial charge < -0.3 is 15.2 Å². The van der Waals surface area contributed by atoms with E-state index in [0.29, 0.717) is 28.9 Å². The Balaban J connectivity index is 2.13. The first-order chi connectivity index (χ1) is 11.2. The lowest BCUT2D eigenvalue weighted by molar-refractivity contribution is 0.0526. The van der Waals surface area contributed by atoms with Crippen LogP contribution in [0.15, 0.2) is 18.3 Å². The maximum Gasteiger partial charge on any atom is 0.367 e. The zero-order valence-corrected chi connectivity index (χ0v) is 15.7. The van der Waals surface area contributed by atoms with Crippen LogP contribution in [0, 0.1) is 0 Å². The van der Waals surface area contributed by atoms with E-state index in [-0.39, 0.29) is 11.2 Å². The van der Waals surface area contributed by atoms with E-state index in [4.69, 9.17) is 16.3 Å². The highest BCUT2D eigenvalue weighted by atomic mass is 35.5. The lowest BCUT2D eigenvalue weighted by Crippen LogP contribution is -2.12. The van der Waals surface area contributed by atoms with Crippen molar-refractivity contribution in [3.8, 4) is 5.75 Å². The van der Waals surface area contributed by atoms with Gasteiger partial charge in [0.05, 0.1) is 18.8 Å². The number of hydrogen-bond donors (Lipinski definition) is 2. The van der Waals surface area contributed by atoms with Crippen LogP contribution >= 0.6 is 22.9 Å². The molecule has 1 aromatic heterocycles. The molecule has 0 aliphatic rings. The average Bonchev–Trinajstić information content (AvgIpc) is 2.94. The van der Waals surface area contributed by atoms with Gasteiger partial charge in [-0.1, -0.05) is 32.4 Å². The molecule has 0 saturated carbocycles. The first-order valence-corrected chi connectivity index (χ1v) is 8.80. The third kappa shape index (κ3) is 4.39. The third-order valence-electron chi connectivity index (χ3n) is 3.35. The molecule has 2 N–H and O–H groups in total. The van der Waals surface area contributed by atoms with Gasteiger partial charge in [0.15, 0.2) is 0 Å². The molecule has 7 heteroatoms. The second kappa shape index (κ2) is 7.40. The molecule has 5 nitrogen and oxygen atoms in total. The number of nitrogens with one attached hydrogen (secondary N) is 1. The van der Waals surface area contributed by atoms with Crippen molar-refractivity contribution in [2.45, 2.75) is 39.7 Å². The number of esters is 1. The Morgan fingerprint density at radius 3 is 2.75 bits per heavy atom. The van der Waals surface area contributed by atoms with Gasteiger partial charge in [-0.05, 0) is 24.0 Å². The summed E-state index contributed by atoms with van der Waals surface area (Å²) >= 11 is 7.49. The van der Waals surface area contributed by atoms with Crippen molar-refractivity contribution in [1.82, 2.24) is 4.98 Å². The van der Waals surface area contributed by atoms with Gasteiger partial charge in [-0.3, -0.25) is 0 Å². The summed E-state index contributed by atoms with van der Waals surface area (Å²) < 4.78 is 4.92. The molecule has 0 fully saturated rings. The largest absolute Gasteiger partial charge is 0.506 e. The van der Waals surface area contributed by atoms with E-state index in [0.717, 1.165) is 10.4 Å². The summed E-state index contributed by atoms with van der Waals surface area (Å²) in [4.78, 5) is 16.6. The van der Waals surface area contributed by atoms with Crippen molar-refractivity contribution >= 4 is 34.6 Å². The third-order valence-corrected chi connectivity index (χ3v) is 4.64. The number of phenols is 1. The molecule has 0 aliphatic heterocycles. The smallest absolute Gasteiger partial charge is 0.367 e. The van der Waals surface area contributed by atoms with Crippen LogP contribution < -0.4 is 5.32 Å². The molecule has 0 atom stereocenters. The number of rotatable bonds is 5. The Hall–Kier alpha value is -1.79. The summed E-state index contributed by atoms with van der Waals surface area (Å²) in [5, 5.41) is 14.1. The second-order valence-corrected chi connectivity index (χ2v) is 7.83. The van der Waals surface area contributed by atoms with E-state index in [1.165, 1.54) is 11.3 Å². The topological polar surface area (TPSA) is 71.5 Å². The van der Waals surface area contributed by atoms with E-state index in [1.807, 2.05) is 6.07 Å². The highest BCUT2D eigenvalue weighted by Crippen LogP contribution is 2.37. The number of aromatic hydroxyl groups is 1. The van der Waals surface area contributed by atoms with Crippen LogP contribution in [0.25, 0.3) is 0 Å². The molecule has 2 aromatic rings. The number of benzene rings is 1. The average molecular weight is 369 g/mol. The molecule has 1 heterocycles. The number of carbonyl (C=O) groups excluding carboxylic acids is 1. The summed E-state index contributed by atoms with van der Waals surface area (Å²) in [6, 6.07) is 3.39. The van der Waals surface area contributed by atoms with Crippen LogP contribution in [0.4, 0.5) is 5.69 Å². The number of halogens is 1. The fourth-order valence-electron chi connectivity index (χ4n) is 2.14. The molecular weight excluding hydrogens is 348 g/mol. The molecule has 0 saturated heterocycles. The zero-order valence-electron chi connectivity index (χ0n) is 14.1. The number of nitrogens with zero attached hydrogens (tertiary/aromatic N) is 1. The van der Waals surface area contributed by atoms with E-state index in [1.54, 1.807) is 19.2 Å². The molecule has 0 spiro atoms. The zero-order chi connectivity index (χ0) is 17.9. The standard InChI is InChI=1S/C17H21ClN2O3S/c1-5-23-16(22)15-20-9-10(24-15)8-19-13-6-11(17(2,3)4)12(18)7-14(13)21/h6-7,9,19,21H,5,8H2,1-4H3. The molecule has 0 unspecified atom stereocenters. The summed E-state index contributed by atoms with van der Waals surface area (Å²) in [6.45, 7) is 8.69. The maximum absolute atomic E-state index is 11.6. The van der Waals surface area contributed by atoms with Crippen LogP contribution in [-0.2, 0) is 16.7 Å². The molecule has 0 aliphatic carbocycles. The van der Waals surface area contributed by atoms with Crippen molar-refractivity contribution in [1.29, 1.82) is 0 Å². The number of phenolic OH excluding ortho intramolecular Hbond substituents is 1. The first kappa shape index (κ1) is 18.5. The molecule has 0 radical (unpaired) electrons. The van der Waals surface area contributed by atoms with E-state index in [9.17, 15) is 9.90 Å². The lowest BCUT2D eigenvalue weighted by atomic mass is 9.86. The van der Waals surface area contributed by atoms with Crippen molar-refractivity contribution in [3.05, 3.63) is 38.8 Å². The first-order valence-electron chi connectivity index (χ1n) is 7.61. The van der Waals surface area contributed by atoms with Crippen molar-refractivity contribution < 1.29 is 14.6 Å². The molecular formula is C17H21ClN2O3S. The van der Waals surface area contributed by atoms with Gasteiger partial charge in [0.1, 0.15) is 5.75 Å². The van der Waals surface area contributed by atoms with E-state index in [2.05, 4.69) is 31.1 Å². The minimum Gasteiger partial charge on any atom is -0.506 e. The monoisotopic (exact) mass is 368 g/mol. The van der Waals surface area contributed by atoms with E-state index < -0.39 is 5.97 Å². The number of anilines is 1. The number of hydrogen-bond acceptors (Lipinski definition) is 6. The highest BCUT2D eigenvalue weighted by molar-refractivity contribution is 7.13. The predicted molar refractivity (Wildman–Crippen MR) is 97.2 cm³/mol. The van der Waals surface area contributed by atoms with Gasteiger partial charge in [0.25, 0.3) is 0 Å². The molecule has 1 aromatic carbocycles. The lowest BCUT2D eigenvalue weighted by Gasteiger charge is -2.22. The quantitative estimate of drug-likeness (QED) is 0.596. The Labute approximate surface area is 150 Å². The van der Waals surface area contributed by atoms with Gasteiger partial charge in [-0.15, -0.1) is 11.3 Å². The predicted octanol–water partition coefficient (Wildman–Crippen LogP) is 4.59. The highest BCUT2D eigenvalue weighted by Gasteiger charge is 2.20. The Kier molecular flexibility index (Phi) is 5.72. The van der Waals surface area contributed by atoms with Crippen LogP contribution in [0.1, 0.15) is 47.9 Å². The minimum absolute atomic E-state index is 0.0862. The SMILES string of the molecule is CCOC(=O)c1ncc(CNc2cc(C(C)(C)C)c(Cl)cc2O)s1. The summed E-state index contributed by atoms with van der Waals surface area (Å²) in [5.74, 6) is -0.332. The van der Waals surface area contributed by atoms with Crippen molar-refractivity contribution in [2.24, 2.45) is 0 Å². The Bertz CT molecular complexity index is 738. The fraction of sp³-hybridized carbons (Fsp3) is 0.412. The molecule has 24 heavy (non-hydrogen) atoms. The van der Waals surface area contributed by atoms with Gasteiger partial charge in [-0.2, -0.15) is 0 Å². The normalized spacial score (nSPS) is 11.4. The Morgan fingerprint density at radius 1 is 1.42 bits per heavy atom. The molecule has 0 bridgehead atoms. The number of carbonyl (C=O) groups is 1. The van der Waals surface area contributed by atoms with Gasteiger partial charge in [0.2, 0.25) is 5.01 Å². The van der Waals surface area contributed by atoms with Gasteiger partial charge in [0, 0.05) is 22.2 Å². The fourth-order valence-corrected chi connectivity index (χ4v) is 3.33. The van der Waals surface area contributed by atoms with Crippen molar-refractivity contribution in [3.63, 3.8) is 0 Å². The summed E-state index contributed by atoms with van der Waals surface area (Å²) in [6.07, 6.45) is 1.63. The molecule has 2 rings (SSSR count). The number of aromatic nitrogens is 1. The van der Waals surface area contributed by atoms with Crippen molar-refractivity contribution in [2.75, 3.05) is 11.9 Å². The molecule has 130 valence electrons. The van der Waals surface area contributed by atoms with Gasteiger partial charge in [-0.25, -0.2) is 9.78 Å². The summed E-state index contributed by atoms with van der Waals surface area (Å²) in [5.41, 5.74) is 1.40. The second-order valence-electron chi connectivity index (χ2n) is 6.30. The van der Waals surface area contributed by atoms with Crippen LogP contribution in [0.3, 0.4) is 0 Å².